The first-order valence-corrected chi connectivity index (χ1v) is 12.4. The van der Waals surface area contributed by atoms with E-state index in [2.05, 4.69) is 0 Å². The van der Waals surface area contributed by atoms with E-state index in [4.69, 9.17) is 25.5 Å². The second kappa shape index (κ2) is 9.72. The number of hydrogen-bond acceptors (Lipinski definition) is 5. The average molecular weight is 524 g/mol. The van der Waals surface area contributed by atoms with Crippen molar-refractivity contribution in [2.24, 2.45) is 0 Å². The number of ether oxygens (including phenoxy) is 2. The zero-order valence-electron chi connectivity index (χ0n) is 20.4. The molecule has 188 valence electrons. The summed E-state index contributed by atoms with van der Waals surface area (Å²) in [6, 6.07) is 28.5. The minimum atomic E-state index is -0.715. The Balaban J connectivity index is 1.45. The number of fused-ring (bicyclic) bond motifs is 2. The molecule has 0 bridgehead atoms. The summed E-state index contributed by atoms with van der Waals surface area (Å²) in [7, 11) is 1.56. The molecule has 1 amide bonds. The van der Waals surface area contributed by atoms with Crippen molar-refractivity contribution in [3.8, 4) is 11.5 Å². The van der Waals surface area contributed by atoms with Gasteiger partial charge in [0.2, 0.25) is 5.76 Å². The molecule has 1 atom stereocenters. The Morgan fingerprint density at radius 2 is 1.66 bits per heavy atom. The Kier molecular flexibility index (Phi) is 6.10. The molecule has 0 N–H and O–H groups in total. The predicted octanol–water partition coefficient (Wildman–Crippen LogP) is 6.78. The van der Waals surface area contributed by atoms with E-state index in [1.165, 1.54) is 0 Å². The second-order valence-corrected chi connectivity index (χ2v) is 9.37. The number of methoxy groups -OCH3 is 1. The highest BCUT2D eigenvalue weighted by atomic mass is 35.5. The Morgan fingerprint density at radius 3 is 2.42 bits per heavy atom. The van der Waals surface area contributed by atoms with Crippen LogP contribution in [-0.2, 0) is 6.61 Å². The van der Waals surface area contributed by atoms with Crippen molar-refractivity contribution in [1.29, 1.82) is 0 Å². The Morgan fingerprint density at radius 1 is 0.868 bits per heavy atom. The maximum Gasteiger partial charge on any atom is 0.295 e. The molecule has 38 heavy (non-hydrogen) atoms. The fraction of sp³-hybridized carbons (Fsp3) is 0.0968. The van der Waals surface area contributed by atoms with E-state index in [0.717, 1.165) is 11.1 Å². The monoisotopic (exact) mass is 523 g/mol. The summed E-state index contributed by atoms with van der Waals surface area (Å²) in [6.45, 7) is 0.428. The van der Waals surface area contributed by atoms with Gasteiger partial charge in [-0.1, -0.05) is 60.1 Å². The first-order chi connectivity index (χ1) is 18.5. The molecular formula is C31H22ClNO5. The maximum atomic E-state index is 13.8. The van der Waals surface area contributed by atoms with E-state index in [0.29, 0.717) is 39.8 Å². The number of hydrogen-bond donors (Lipinski definition) is 0. The number of nitrogens with zero attached hydrogens (tertiary/aromatic N) is 1. The van der Waals surface area contributed by atoms with Crippen molar-refractivity contribution < 1.29 is 18.7 Å². The van der Waals surface area contributed by atoms with Crippen LogP contribution in [0.1, 0.15) is 33.3 Å². The third-order valence-electron chi connectivity index (χ3n) is 6.61. The molecule has 0 spiro atoms. The summed E-state index contributed by atoms with van der Waals surface area (Å²) in [6.07, 6.45) is 0. The van der Waals surface area contributed by atoms with Crippen LogP contribution in [0.2, 0.25) is 5.02 Å². The predicted molar refractivity (Wildman–Crippen MR) is 146 cm³/mol. The fourth-order valence-corrected chi connectivity index (χ4v) is 4.95. The van der Waals surface area contributed by atoms with Crippen molar-refractivity contribution in [2.45, 2.75) is 12.6 Å². The number of anilines is 1. The summed E-state index contributed by atoms with van der Waals surface area (Å²) in [5, 5.41) is 0.736. The standard InChI is InChI=1S/C31H22ClNO5/c1-36-24-9-5-8-22(17-24)33-28(20-10-13-23(14-11-20)37-18-19-6-3-2-4-7-19)27-29(34)25-16-21(32)12-15-26(25)38-30(27)31(33)35/h2-17,28H,18H2,1H3. The van der Waals surface area contributed by atoms with Gasteiger partial charge < -0.3 is 13.9 Å². The molecule has 6 rings (SSSR count). The van der Waals surface area contributed by atoms with Crippen molar-refractivity contribution in [3.05, 3.63) is 135 Å². The summed E-state index contributed by atoms with van der Waals surface area (Å²) in [5.74, 6) is 0.872. The lowest BCUT2D eigenvalue weighted by molar-refractivity contribution is 0.0971. The molecule has 0 fully saturated rings. The molecule has 2 heterocycles. The molecule has 7 heteroatoms. The van der Waals surface area contributed by atoms with E-state index < -0.39 is 11.9 Å². The first kappa shape index (κ1) is 23.8. The van der Waals surface area contributed by atoms with Gasteiger partial charge in [0.25, 0.3) is 5.91 Å². The summed E-state index contributed by atoms with van der Waals surface area (Å²) in [4.78, 5) is 29.1. The van der Waals surface area contributed by atoms with Crippen LogP contribution in [0, 0.1) is 0 Å². The van der Waals surface area contributed by atoms with Crippen molar-refractivity contribution >= 4 is 34.2 Å². The Labute approximate surface area is 223 Å². The van der Waals surface area contributed by atoms with Crippen LogP contribution in [0.4, 0.5) is 5.69 Å². The van der Waals surface area contributed by atoms with Gasteiger partial charge in [0, 0.05) is 16.8 Å². The molecule has 1 unspecified atom stereocenters. The zero-order chi connectivity index (χ0) is 26.2. The van der Waals surface area contributed by atoms with Crippen LogP contribution in [0.15, 0.2) is 106 Å². The molecule has 0 radical (unpaired) electrons. The molecule has 0 saturated carbocycles. The largest absolute Gasteiger partial charge is 0.497 e. The number of benzene rings is 4. The molecule has 1 aliphatic rings. The number of carbonyl (C=O) groups excluding carboxylic acids is 1. The lowest BCUT2D eigenvalue weighted by Crippen LogP contribution is -2.29. The van der Waals surface area contributed by atoms with Gasteiger partial charge in [0.1, 0.15) is 23.7 Å². The van der Waals surface area contributed by atoms with Gasteiger partial charge in [-0.2, -0.15) is 0 Å². The summed E-state index contributed by atoms with van der Waals surface area (Å²) in [5.41, 5.74) is 2.65. The maximum absolute atomic E-state index is 13.8. The van der Waals surface area contributed by atoms with Gasteiger partial charge in [0.05, 0.1) is 24.1 Å². The zero-order valence-corrected chi connectivity index (χ0v) is 21.1. The Hall–Kier alpha value is -4.55. The molecule has 4 aromatic carbocycles. The summed E-state index contributed by atoms with van der Waals surface area (Å²) < 4.78 is 17.4. The molecule has 5 aromatic rings. The lowest BCUT2D eigenvalue weighted by atomic mass is 9.98. The van der Waals surface area contributed by atoms with E-state index in [1.54, 1.807) is 54.5 Å². The van der Waals surface area contributed by atoms with Crippen LogP contribution >= 0.6 is 11.6 Å². The van der Waals surface area contributed by atoms with Crippen LogP contribution in [0.3, 0.4) is 0 Å². The van der Waals surface area contributed by atoms with E-state index >= 15 is 0 Å². The first-order valence-electron chi connectivity index (χ1n) is 12.0. The summed E-state index contributed by atoms with van der Waals surface area (Å²) >= 11 is 6.19. The van der Waals surface area contributed by atoms with E-state index in [1.807, 2.05) is 54.6 Å². The second-order valence-electron chi connectivity index (χ2n) is 8.94. The van der Waals surface area contributed by atoms with Crippen molar-refractivity contribution in [1.82, 2.24) is 0 Å². The van der Waals surface area contributed by atoms with Gasteiger partial charge in [0.15, 0.2) is 5.43 Å². The normalized spacial score (nSPS) is 14.5. The average Bonchev–Trinajstić information content (AvgIpc) is 3.25. The van der Waals surface area contributed by atoms with Gasteiger partial charge in [-0.05, 0) is 53.6 Å². The quantitative estimate of drug-likeness (QED) is 0.245. The SMILES string of the molecule is COc1cccc(N2C(=O)c3oc4ccc(Cl)cc4c(=O)c3C2c2ccc(OCc3ccccc3)cc2)c1. The highest BCUT2D eigenvalue weighted by Crippen LogP contribution is 2.42. The van der Waals surface area contributed by atoms with Crippen LogP contribution in [0.5, 0.6) is 11.5 Å². The topological polar surface area (TPSA) is 69.0 Å². The number of amides is 1. The number of rotatable bonds is 6. The lowest BCUT2D eigenvalue weighted by Gasteiger charge is -2.25. The Bertz CT molecular complexity index is 1710. The third kappa shape index (κ3) is 4.19. The highest BCUT2D eigenvalue weighted by Gasteiger charge is 2.43. The minimum absolute atomic E-state index is 0.0158. The van der Waals surface area contributed by atoms with Crippen LogP contribution in [-0.4, -0.2) is 13.0 Å². The molecular weight excluding hydrogens is 502 g/mol. The van der Waals surface area contributed by atoms with Crippen LogP contribution in [0.25, 0.3) is 11.0 Å². The van der Waals surface area contributed by atoms with E-state index in [9.17, 15) is 9.59 Å². The van der Waals surface area contributed by atoms with Gasteiger partial charge in [-0.3, -0.25) is 14.5 Å². The van der Waals surface area contributed by atoms with Crippen molar-refractivity contribution in [3.63, 3.8) is 0 Å². The van der Waals surface area contributed by atoms with E-state index in [-0.39, 0.29) is 16.8 Å². The number of halogens is 1. The molecule has 1 aliphatic heterocycles. The van der Waals surface area contributed by atoms with Crippen molar-refractivity contribution in [2.75, 3.05) is 12.0 Å². The van der Waals surface area contributed by atoms with Gasteiger partial charge in [-0.15, -0.1) is 0 Å². The number of carbonyl (C=O) groups is 1. The fourth-order valence-electron chi connectivity index (χ4n) is 4.77. The van der Waals surface area contributed by atoms with Crippen LogP contribution < -0.4 is 19.8 Å². The highest BCUT2D eigenvalue weighted by molar-refractivity contribution is 6.31. The molecule has 0 aliphatic carbocycles. The molecule has 6 nitrogen and oxygen atoms in total. The third-order valence-corrected chi connectivity index (χ3v) is 6.84. The van der Waals surface area contributed by atoms with Gasteiger partial charge >= 0.3 is 0 Å². The smallest absolute Gasteiger partial charge is 0.295 e. The molecule has 1 aromatic heterocycles. The minimum Gasteiger partial charge on any atom is -0.497 e. The van der Waals surface area contributed by atoms with Gasteiger partial charge in [-0.25, -0.2) is 0 Å². The molecule has 0 saturated heterocycles.